The number of anilines is 1. The first-order valence-electron chi connectivity index (χ1n) is 8.13. The molecule has 5 nitrogen and oxygen atoms in total. The van der Waals surface area contributed by atoms with Crippen LogP contribution in [-0.2, 0) is 0 Å². The van der Waals surface area contributed by atoms with Gasteiger partial charge in [0.15, 0.2) is 5.96 Å². The normalized spacial score (nSPS) is 18.4. The average molecular weight is 304 g/mol. The van der Waals surface area contributed by atoms with Crippen molar-refractivity contribution in [2.24, 2.45) is 4.99 Å². The molecule has 1 saturated heterocycles. The van der Waals surface area contributed by atoms with Crippen LogP contribution in [0.5, 0.6) is 5.75 Å². The van der Waals surface area contributed by atoms with Crippen molar-refractivity contribution in [2.75, 3.05) is 38.7 Å². The van der Waals surface area contributed by atoms with Crippen molar-refractivity contribution in [2.45, 2.75) is 32.2 Å². The second-order valence-electron chi connectivity index (χ2n) is 5.60. The molecule has 1 heterocycles. The number of unbranched alkanes of at least 4 members (excludes halogenated alkanes) is 1. The number of benzene rings is 1. The molecule has 1 aromatic carbocycles. The van der Waals surface area contributed by atoms with E-state index < -0.39 is 0 Å². The van der Waals surface area contributed by atoms with Gasteiger partial charge in [-0.15, -0.1) is 0 Å². The van der Waals surface area contributed by atoms with Crippen molar-refractivity contribution in [3.05, 3.63) is 24.3 Å². The van der Waals surface area contributed by atoms with E-state index in [-0.39, 0.29) is 0 Å². The van der Waals surface area contributed by atoms with Crippen molar-refractivity contribution in [1.29, 1.82) is 0 Å². The van der Waals surface area contributed by atoms with E-state index in [9.17, 15) is 0 Å². The quantitative estimate of drug-likeness (QED) is 0.481. The maximum atomic E-state index is 5.46. The Bertz CT molecular complexity index is 489. The molecule has 22 heavy (non-hydrogen) atoms. The van der Waals surface area contributed by atoms with Gasteiger partial charge in [-0.25, -0.2) is 0 Å². The number of ether oxygens (including phenoxy) is 1. The number of hydrogen-bond acceptors (Lipinski definition) is 3. The van der Waals surface area contributed by atoms with Crippen LogP contribution in [0, 0.1) is 0 Å². The van der Waals surface area contributed by atoms with Crippen LogP contribution in [0.4, 0.5) is 5.69 Å². The number of hydrogen-bond donors (Lipinski definition) is 2. The first kappa shape index (κ1) is 16.5. The van der Waals surface area contributed by atoms with Crippen LogP contribution in [0.2, 0.25) is 0 Å². The Morgan fingerprint density at radius 3 is 2.95 bits per heavy atom. The molecule has 0 amide bonds. The third-order valence-corrected chi connectivity index (χ3v) is 4.00. The van der Waals surface area contributed by atoms with Gasteiger partial charge in [-0.2, -0.15) is 0 Å². The maximum absolute atomic E-state index is 5.46. The van der Waals surface area contributed by atoms with Crippen molar-refractivity contribution in [3.8, 4) is 5.75 Å². The van der Waals surface area contributed by atoms with Gasteiger partial charge in [-0.1, -0.05) is 25.5 Å². The van der Waals surface area contributed by atoms with E-state index in [1.54, 1.807) is 7.11 Å². The summed E-state index contributed by atoms with van der Waals surface area (Å²) in [6, 6.07) is 8.62. The average Bonchev–Trinajstić information content (AvgIpc) is 3.02. The van der Waals surface area contributed by atoms with Crippen molar-refractivity contribution >= 4 is 11.6 Å². The highest BCUT2D eigenvalue weighted by Gasteiger charge is 2.25. The predicted molar refractivity (Wildman–Crippen MR) is 93.0 cm³/mol. The summed E-state index contributed by atoms with van der Waals surface area (Å²) >= 11 is 0. The molecule has 1 atom stereocenters. The number of methoxy groups -OCH3 is 1. The zero-order valence-corrected chi connectivity index (χ0v) is 13.9. The summed E-state index contributed by atoms with van der Waals surface area (Å²) in [5.41, 5.74) is 1.17. The van der Waals surface area contributed by atoms with Gasteiger partial charge in [-0.3, -0.25) is 4.99 Å². The van der Waals surface area contributed by atoms with Gasteiger partial charge in [0.2, 0.25) is 0 Å². The maximum Gasteiger partial charge on any atom is 0.191 e. The summed E-state index contributed by atoms with van der Waals surface area (Å²) in [4.78, 5) is 6.68. The Kier molecular flexibility index (Phi) is 6.37. The lowest BCUT2D eigenvalue weighted by molar-refractivity contribution is 0.415. The van der Waals surface area contributed by atoms with E-state index in [2.05, 4.69) is 39.6 Å². The monoisotopic (exact) mass is 304 g/mol. The Morgan fingerprint density at radius 2 is 2.23 bits per heavy atom. The molecule has 1 aliphatic heterocycles. The number of rotatable bonds is 6. The summed E-state index contributed by atoms with van der Waals surface area (Å²) in [6.07, 6.45) is 3.46. The number of guanidine groups is 1. The fourth-order valence-electron chi connectivity index (χ4n) is 2.76. The Balaban J connectivity index is 1.89. The Morgan fingerprint density at radius 1 is 1.41 bits per heavy atom. The van der Waals surface area contributed by atoms with E-state index in [4.69, 9.17) is 4.74 Å². The van der Waals surface area contributed by atoms with Crippen LogP contribution in [0.3, 0.4) is 0 Å². The zero-order valence-electron chi connectivity index (χ0n) is 13.9. The highest BCUT2D eigenvalue weighted by molar-refractivity contribution is 5.80. The molecule has 0 aromatic heterocycles. The lowest BCUT2D eigenvalue weighted by Gasteiger charge is -2.22. The largest absolute Gasteiger partial charge is 0.495 e. The molecule has 2 rings (SSSR count). The zero-order chi connectivity index (χ0) is 15.8. The van der Waals surface area contributed by atoms with Gasteiger partial charge in [0.05, 0.1) is 12.8 Å². The van der Waals surface area contributed by atoms with Crippen molar-refractivity contribution < 1.29 is 4.74 Å². The Labute approximate surface area is 133 Å². The lowest BCUT2D eigenvalue weighted by atomic mass is 10.2. The lowest BCUT2D eigenvalue weighted by Crippen LogP contribution is -2.44. The predicted octanol–water partition coefficient (Wildman–Crippen LogP) is 2.24. The summed E-state index contributed by atoms with van der Waals surface area (Å²) < 4.78 is 5.46. The first-order chi connectivity index (χ1) is 10.8. The van der Waals surface area contributed by atoms with Gasteiger partial charge in [0, 0.05) is 32.7 Å². The fraction of sp³-hybridized carbons (Fsp3) is 0.588. The van der Waals surface area contributed by atoms with Crippen molar-refractivity contribution in [1.82, 2.24) is 10.6 Å². The van der Waals surface area contributed by atoms with Gasteiger partial charge >= 0.3 is 0 Å². The topological polar surface area (TPSA) is 48.9 Å². The minimum atomic E-state index is 0.415. The number of para-hydroxylation sites is 2. The molecular formula is C17H28N4O. The van der Waals surface area contributed by atoms with Gasteiger partial charge in [-0.05, 0) is 25.0 Å². The molecular weight excluding hydrogens is 276 g/mol. The molecule has 1 aliphatic rings. The number of nitrogens with one attached hydrogen (secondary N) is 2. The van der Waals surface area contributed by atoms with Crippen LogP contribution >= 0.6 is 0 Å². The molecule has 0 spiro atoms. The SMILES string of the molecule is CCCCNC(=NC)NC1CCN(c2ccccc2OC)C1. The molecule has 1 unspecified atom stereocenters. The van der Waals surface area contributed by atoms with Crippen LogP contribution in [0.25, 0.3) is 0 Å². The summed E-state index contributed by atoms with van der Waals surface area (Å²) in [6.45, 7) is 5.16. The number of nitrogens with zero attached hydrogens (tertiary/aromatic N) is 2. The highest BCUT2D eigenvalue weighted by atomic mass is 16.5. The summed E-state index contributed by atoms with van der Waals surface area (Å²) in [5, 5.41) is 6.89. The highest BCUT2D eigenvalue weighted by Crippen LogP contribution is 2.30. The van der Waals surface area contributed by atoms with Gasteiger partial charge in [0.1, 0.15) is 5.75 Å². The first-order valence-corrected chi connectivity index (χ1v) is 8.13. The Hall–Kier alpha value is -1.91. The van der Waals surface area contributed by atoms with Gasteiger partial charge in [0.25, 0.3) is 0 Å². The fourth-order valence-corrected chi connectivity index (χ4v) is 2.76. The van der Waals surface area contributed by atoms with E-state index in [0.717, 1.165) is 37.8 Å². The molecule has 0 bridgehead atoms. The van der Waals surface area contributed by atoms with Crippen LogP contribution in [0.1, 0.15) is 26.2 Å². The van der Waals surface area contributed by atoms with E-state index in [1.165, 1.54) is 18.5 Å². The second kappa shape index (κ2) is 8.51. The third-order valence-electron chi connectivity index (χ3n) is 4.00. The van der Waals surface area contributed by atoms with Crippen molar-refractivity contribution in [3.63, 3.8) is 0 Å². The smallest absolute Gasteiger partial charge is 0.191 e. The molecule has 0 radical (unpaired) electrons. The molecule has 1 aromatic rings. The third kappa shape index (κ3) is 4.29. The van der Waals surface area contributed by atoms with Crippen LogP contribution in [0.15, 0.2) is 29.3 Å². The van der Waals surface area contributed by atoms with E-state index in [0.29, 0.717) is 6.04 Å². The minimum Gasteiger partial charge on any atom is -0.495 e. The second-order valence-corrected chi connectivity index (χ2v) is 5.60. The molecule has 122 valence electrons. The molecule has 2 N–H and O–H groups in total. The molecule has 0 saturated carbocycles. The van der Waals surface area contributed by atoms with E-state index >= 15 is 0 Å². The summed E-state index contributed by atoms with van der Waals surface area (Å²) in [5.74, 6) is 1.84. The van der Waals surface area contributed by atoms with E-state index in [1.807, 2.05) is 19.2 Å². The molecule has 5 heteroatoms. The number of aliphatic imine (C=N–C) groups is 1. The molecule has 0 aliphatic carbocycles. The van der Waals surface area contributed by atoms with Gasteiger partial charge < -0.3 is 20.3 Å². The minimum absolute atomic E-state index is 0.415. The molecule has 1 fully saturated rings. The summed E-state index contributed by atoms with van der Waals surface area (Å²) in [7, 11) is 3.55. The van der Waals surface area contributed by atoms with Crippen LogP contribution in [-0.4, -0.2) is 45.8 Å². The standard InChI is InChI=1S/C17H28N4O/c1-4-5-11-19-17(18-2)20-14-10-12-21(13-14)15-8-6-7-9-16(15)22-3/h6-9,14H,4-5,10-13H2,1-3H3,(H2,18,19,20). The van der Waals surface area contributed by atoms with Crippen LogP contribution < -0.4 is 20.3 Å².